The number of rotatable bonds is 6. The van der Waals surface area contributed by atoms with Crippen LogP contribution < -0.4 is 0 Å². The number of carbonyl (C=O) groups is 1. The Kier molecular flexibility index (Phi) is 6.77. The van der Waals surface area contributed by atoms with E-state index < -0.39 is 6.09 Å². The molecule has 1 aliphatic heterocycles. The van der Waals surface area contributed by atoms with Crippen molar-refractivity contribution in [2.45, 2.75) is 63.5 Å². The van der Waals surface area contributed by atoms with Gasteiger partial charge in [-0.1, -0.05) is 6.42 Å². The molecule has 1 N–H and O–H groups in total. The third kappa shape index (κ3) is 5.47. The SMILES string of the molecule is CN(C(=O)O)C1CCC(OCCCN2CCCCC2)CC1. The van der Waals surface area contributed by atoms with E-state index in [0.717, 1.165) is 45.3 Å². The lowest BCUT2D eigenvalue weighted by Gasteiger charge is -2.33. The number of nitrogens with zero attached hydrogens (tertiary/aromatic N) is 2. The molecule has 1 heterocycles. The molecule has 0 aromatic heterocycles. The van der Waals surface area contributed by atoms with Gasteiger partial charge in [0.1, 0.15) is 0 Å². The minimum atomic E-state index is -0.819. The van der Waals surface area contributed by atoms with E-state index in [1.807, 2.05) is 0 Å². The van der Waals surface area contributed by atoms with Crippen LogP contribution in [0, 0.1) is 0 Å². The lowest BCUT2D eigenvalue weighted by Crippen LogP contribution is -2.40. The van der Waals surface area contributed by atoms with Crippen LogP contribution in [0.2, 0.25) is 0 Å². The van der Waals surface area contributed by atoms with Crippen LogP contribution in [0.5, 0.6) is 0 Å². The van der Waals surface area contributed by atoms with Crippen molar-refractivity contribution >= 4 is 6.09 Å². The highest BCUT2D eigenvalue weighted by molar-refractivity contribution is 5.64. The summed E-state index contributed by atoms with van der Waals surface area (Å²) in [5.41, 5.74) is 0. The maximum atomic E-state index is 10.9. The van der Waals surface area contributed by atoms with Crippen LogP contribution in [0.4, 0.5) is 4.79 Å². The van der Waals surface area contributed by atoms with Crippen LogP contribution in [-0.4, -0.2) is 66.4 Å². The standard InChI is InChI=1S/C16H30N2O3/c1-17(16(19)20)14-6-8-15(9-7-14)21-13-5-12-18-10-3-2-4-11-18/h14-15H,2-13H2,1H3,(H,19,20). The molecule has 1 amide bonds. The molecule has 5 heteroatoms. The first-order chi connectivity index (χ1) is 10.2. The van der Waals surface area contributed by atoms with Gasteiger partial charge >= 0.3 is 6.09 Å². The molecule has 0 spiro atoms. The normalized spacial score (nSPS) is 27.5. The summed E-state index contributed by atoms with van der Waals surface area (Å²) >= 11 is 0. The van der Waals surface area contributed by atoms with E-state index in [9.17, 15) is 4.79 Å². The van der Waals surface area contributed by atoms with Crippen LogP contribution in [0.3, 0.4) is 0 Å². The summed E-state index contributed by atoms with van der Waals surface area (Å²) in [6, 6.07) is 0.177. The van der Waals surface area contributed by atoms with Gasteiger partial charge in [-0.3, -0.25) is 0 Å². The minimum Gasteiger partial charge on any atom is -0.465 e. The summed E-state index contributed by atoms with van der Waals surface area (Å²) in [6.07, 6.45) is 8.57. The fraction of sp³-hybridized carbons (Fsp3) is 0.938. The van der Waals surface area contributed by atoms with Gasteiger partial charge < -0.3 is 19.6 Å². The zero-order chi connectivity index (χ0) is 15.1. The van der Waals surface area contributed by atoms with Crippen LogP contribution in [0.1, 0.15) is 51.4 Å². The van der Waals surface area contributed by atoms with Crippen molar-refractivity contribution in [3.8, 4) is 0 Å². The van der Waals surface area contributed by atoms with Gasteiger partial charge in [0.2, 0.25) is 0 Å². The molecule has 0 bridgehead atoms. The van der Waals surface area contributed by atoms with Gasteiger partial charge in [-0.25, -0.2) is 4.79 Å². The Morgan fingerprint density at radius 3 is 2.48 bits per heavy atom. The number of hydrogen-bond acceptors (Lipinski definition) is 3. The molecule has 1 saturated heterocycles. The monoisotopic (exact) mass is 298 g/mol. The van der Waals surface area contributed by atoms with Gasteiger partial charge in [-0.05, 0) is 58.0 Å². The Hall–Kier alpha value is -0.810. The number of carboxylic acid groups (broad SMARTS) is 1. The summed E-state index contributed by atoms with van der Waals surface area (Å²) in [4.78, 5) is 14.9. The molecule has 0 atom stereocenters. The predicted molar refractivity (Wildman–Crippen MR) is 82.7 cm³/mol. The summed E-state index contributed by atoms with van der Waals surface area (Å²) in [7, 11) is 1.67. The minimum absolute atomic E-state index is 0.177. The lowest BCUT2D eigenvalue weighted by atomic mass is 9.92. The van der Waals surface area contributed by atoms with Gasteiger partial charge in [0.25, 0.3) is 0 Å². The fourth-order valence-electron chi connectivity index (χ4n) is 3.48. The molecule has 21 heavy (non-hydrogen) atoms. The number of hydrogen-bond donors (Lipinski definition) is 1. The van der Waals surface area contributed by atoms with Crippen LogP contribution in [-0.2, 0) is 4.74 Å². The third-order valence-corrected chi connectivity index (χ3v) is 4.91. The molecule has 0 aromatic rings. The molecular weight excluding hydrogens is 268 g/mol. The van der Waals surface area contributed by atoms with Crippen LogP contribution in [0.15, 0.2) is 0 Å². The molecule has 122 valence electrons. The van der Waals surface area contributed by atoms with E-state index in [4.69, 9.17) is 9.84 Å². The zero-order valence-electron chi connectivity index (χ0n) is 13.3. The summed E-state index contributed by atoms with van der Waals surface area (Å²) in [5.74, 6) is 0. The molecule has 0 radical (unpaired) electrons. The van der Waals surface area contributed by atoms with E-state index in [1.54, 1.807) is 7.05 Å². The Bertz CT molecular complexity index is 311. The quantitative estimate of drug-likeness (QED) is 0.766. The first kappa shape index (κ1) is 16.6. The maximum Gasteiger partial charge on any atom is 0.407 e. The van der Waals surface area contributed by atoms with E-state index in [-0.39, 0.29) is 6.04 Å². The van der Waals surface area contributed by atoms with Gasteiger partial charge in [-0.15, -0.1) is 0 Å². The maximum absolute atomic E-state index is 10.9. The lowest BCUT2D eigenvalue weighted by molar-refractivity contribution is 0.00746. The molecule has 1 aliphatic carbocycles. The molecule has 1 saturated carbocycles. The number of piperidine rings is 1. The highest BCUT2D eigenvalue weighted by atomic mass is 16.5. The highest BCUT2D eigenvalue weighted by Gasteiger charge is 2.26. The molecule has 2 rings (SSSR count). The first-order valence-electron chi connectivity index (χ1n) is 8.46. The smallest absolute Gasteiger partial charge is 0.407 e. The topological polar surface area (TPSA) is 53.0 Å². The van der Waals surface area contributed by atoms with Crippen molar-refractivity contribution in [1.29, 1.82) is 0 Å². The molecule has 5 nitrogen and oxygen atoms in total. The average Bonchev–Trinajstić information content (AvgIpc) is 2.52. The van der Waals surface area contributed by atoms with Crippen molar-refractivity contribution in [2.75, 3.05) is 33.3 Å². The average molecular weight is 298 g/mol. The largest absolute Gasteiger partial charge is 0.465 e. The summed E-state index contributed by atoms with van der Waals surface area (Å²) < 4.78 is 5.97. The molecular formula is C16H30N2O3. The van der Waals surface area contributed by atoms with Crippen LogP contribution in [0.25, 0.3) is 0 Å². The second-order valence-corrected chi connectivity index (χ2v) is 6.45. The van der Waals surface area contributed by atoms with E-state index in [1.165, 1.54) is 37.3 Å². The fourth-order valence-corrected chi connectivity index (χ4v) is 3.48. The van der Waals surface area contributed by atoms with E-state index in [0.29, 0.717) is 6.10 Å². The van der Waals surface area contributed by atoms with E-state index in [2.05, 4.69) is 4.90 Å². The van der Waals surface area contributed by atoms with Gasteiger partial charge in [-0.2, -0.15) is 0 Å². The molecule has 0 aromatic carbocycles. The van der Waals surface area contributed by atoms with Crippen molar-refractivity contribution in [3.05, 3.63) is 0 Å². The van der Waals surface area contributed by atoms with Gasteiger partial charge in [0.15, 0.2) is 0 Å². The highest BCUT2D eigenvalue weighted by Crippen LogP contribution is 2.24. The van der Waals surface area contributed by atoms with Crippen molar-refractivity contribution in [2.24, 2.45) is 0 Å². The molecule has 2 fully saturated rings. The summed E-state index contributed by atoms with van der Waals surface area (Å²) in [5, 5.41) is 8.99. The van der Waals surface area contributed by atoms with E-state index >= 15 is 0 Å². The second kappa shape index (κ2) is 8.59. The molecule has 0 unspecified atom stereocenters. The Morgan fingerprint density at radius 2 is 1.86 bits per heavy atom. The number of likely N-dealkylation sites (tertiary alicyclic amines) is 1. The third-order valence-electron chi connectivity index (χ3n) is 4.91. The first-order valence-corrected chi connectivity index (χ1v) is 8.46. The predicted octanol–water partition coefficient (Wildman–Crippen LogP) is 2.80. The Labute approximate surface area is 128 Å². The number of ether oxygens (including phenoxy) is 1. The zero-order valence-corrected chi connectivity index (χ0v) is 13.3. The van der Waals surface area contributed by atoms with Crippen LogP contribution >= 0.6 is 0 Å². The van der Waals surface area contributed by atoms with Gasteiger partial charge in [0, 0.05) is 26.2 Å². The Balaban J connectivity index is 1.53. The van der Waals surface area contributed by atoms with Crippen molar-refractivity contribution in [1.82, 2.24) is 9.80 Å². The number of amides is 1. The van der Waals surface area contributed by atoms with Crippen molar-refractivity contribution < 1.29 is 14.6 Å². The van der Waals surface area contributed by atoms with Crippen molar-refractivity contribution in [3.63, 3.8) is 0 Å². The second-order valence-electron chi connectivity index (χ2n) is 6.45. The van der Waals surface area contributed by atoms with Gasteiger partial charge in [0.05, 0.1) is 6.10 Å². The summed E-state index contributed by atoms with van der Waals surface area (Å²) in [6.45, 7) is 4.52. The molecule has 2 aliphatic rings. The Morgan fingerprint density at radius 1 is 1.19 bits per heavy atom.